The summed E-state index contributed by atoms with van der Waals surface area (Å²) in [6.45, 7) is 0.934. The molecule has 1 aliphatic heterocycles. The second-order valence-corrected chi connectivity index (χ2v) is 7.03. The van der Waals surface area contributed by atoms with Gasteiger partial charge in [-0.3, -0.25) is 4.21 Å². The molecular formula is C14H13F2N5OS2. The van der Waals surface area contributed by atoms with Crippen LogP contribution in [0.1, 0.15) is 5.69 Å². The van der Waals surface area contributed by atoms with Crippen molar-refractivity contribution < 1.29 is 13.0 Å². The Morgan fingerprint density at radius 1 is 1.29 bits per heavy atom. The monoisotopic (exact) mass is 369 g/mol. The molecule has 1 aliphatic rings. The predicted molar refractivity (Wildman–Crippen MR) is 90.1 cm³/mol. The number of halogens is 2. The van der Waals surface area contributed by atoms with Gasteiger partial charge in [0.15, 0.2) is 11.6 Å². The molecule has 1 fully saturated rings. The lowest BCUT2D eigenvalue weighted by molar-refractivity contribution is 0.568. The molecule has 2 heterocycles. The zero-order valence-corrected chi connectivity index (χ0v) is 14.1. The third-order valence-corrected chi connectivity index (χ3v) is 5.01. The highest BCUT2D eigenvalue weighted by Gasteiger charge is 2.23. The normalized spacial score (nSPS) is 15.3. The number of hydrogen-bond donors (Lipinski definition) is 0. The molecule has 1 aromatic carbocycles. The number of aliphatic imine (C=N–C) groups is 1. The van der Waals surface area contributed by atoms with Crippen molar-refractivity contribution in [2.24, 2.45) is 4.99 Å². The fourth-order valence-corrected chi connectivity index (χ4v) is 3.58. The Morgan fingerprint density at radius 2 is 1.96 bits per heavy atom. The van der Waals surface area contributed by atoms with Gasteiger partial charge in [-0.2, -0.15) is 0 Å². The van der Waals surface area contributed by atoms with E-state index in [0.717, 1.165) is 0 Å². The van der Waals surface area contributed by atoms with E-state index in [1.165, 1.54) is 23.0 Å². The zero-order chi connectivity index (χ0) is 17.1. The maximum atomic E-state index is 14.4. The van der Waals surface area contributed by atoms with E-state index in [9.17, 15) is 13.0 Å². The van der Waals surface area contributed by atoms with Crippen molar-refractivity contribution in [3.05, 3.63) is 35.7 Å². The molecule has 2 aromatic rings. The van der Waals surface area contributed by atoms with Crippen LogP contribution in [0.3, 0.4) is 0 Å². The van der Waals surface area contributed by atoms with E-state index in [1.807, 2.05) is 0 Å². The zero-order valence-electron chi connectivity index (χ0n) is 12.5. The predicted octanol–water partition coefficient (Wildman–Crippen LogP) is 1.72. The number of isothiocyanates is 1. The van der Waals surface area contributed by atoms with Crippen molar-refractivity contribution in [1.29, 1.82) is 0 Å². The number of anilines is 1. The molecule has 3 rings (SSSR count). The van der Waals surface area contributed by atoms with E-state index in [2.05, 4.69) is 32.7 Å². The van der Waals surface area contributed by atoms with Crippen molar-refractivity contribution in [2.45, 2.75) is 6.54 Å². The van der Waals surface area contributed by atoms with Gasteiger partial charge in [0.1, 0.15) is 11.4 Å². The average Bonchev–Trinajstić information content (AvgIpc) is 3.03. The SMILES string of the molecule is O=S1CCN(c2c(F)cc(-n3cc(CN=C=S)nn3)cc2F)CC1. The Labute approximate surface area is 144 Å². The molecular weight excluding hydrogens is 356 g/mol. The van der Waals surface area contributed by atoms with Gasteiger partial charge in [0.25, 0.3) is 0 Å². The molecule has 0 bridgehead atoms. The Bertz CT molecular complexity index is 801. The first-order valence-electron chi connectivity index (χ1n) is 7.12. The highest BCUT2D eigenvalue weighted by atomic mass is 32.2. The summed E-state index contributed by atoms with van der Waals surface area (Å²) in [7, 11) is -0.913. The molecule has 0 N–H and O–H groups in total. The van der Waals surface area contributed by atoms with E-state index in [0.29, 0.717) is 30.3 Å². The molecule has 0 saturated carbocycles. The fourth-order valence-electron chi connectivity index (χ4n) is 2.46. The van der Waals surface area contributed by atoms with Crippen molar-refractivity contribution >= 4 is 33.9 Å². The van der Waals surface area contributed by atoms with Gasteiger partial charge in [-0.15, -0.1) is 5.10 Å². The Morgan fingerprint density at radius 3 is 2.58 bits per heavy atom. The minimum absolute atomic E-state index is 0.0962. The van der Waals surface area contributed by atoms with Gasteiger partial charge < -0.3 is 4.90 Å². The second kappa shape index (κ2) is 7.25. The summed E-state index contributed by atoms with van der Waals surface area (Å²) in [5.74, 6) is -0.556. The van der Waals surface area contributed by atoms with Crippen LogP contribution in [0.5, 0.6) is 0 Å². The molecule has 0 spiro atoms. The third-order valence-electron chi connectivity index (χ3n) is 3.61. The second-order valence-electron chi connectivity index (χ2n) is 5.16. The van der Waals surface area contributed by atoms with E-state index in [4.69, 9.17) is 0 Å². The summed E-state index contributed by atoms with van der Waals surface area (Å²) in [6, 6.07) is 2.40. The number of nitrogens with zero attached hydrogens (tertiary/aromatic N) is 5. The largest absolute Gasteiger partial charge is 0.365 e. The number of aromatic nitrogens is 3. The molecule has 0 aliphatic carbocycles. The van der Waals surface area contributed by atoms with Crippen LogP contribution in [-0.2, 0) is 17.3 Å². The summed E-state index contributed by atoms with van der Waals surface area (Å²) in [5.41, 5.74) is 0.635. The van der Waals surface area contributed by atoms with Crippen LogP contribution in [0, 0.1) is 11.6 Å². The van der Waals surface area contributed by atoms with Crippen LogP contribution in [0.4, 0.5) is 14.5 Å². The van der Waals surface area contributed by atoms with Gasteiger partial charge in [-0.05, 0) is 12.2 Å². The Balaban J connectivity index is 1.88. The lowest BCUT2D eigenvalue weighted by atomic mass is 10.2. The van der Waals surface area contributed by atoms with Gasteiger partial charge in [-0.1, -0.05) is 5.21 Å². The summed E-state index contributed by atoms with van der Waals surface area (Å²) in [4.78, 5) is 5.31. The maximum Gasteiger partial charge on any atom is 0.151 e. The smallest absolute Gasteiger partial charge is 0.151 e. The van der Waals surface area contributed by atoms with E-state index in [1.54, 1.807) is 4.90 Å². The molecule has 0 radical (unpaired) electrons. The molecule has 1 saturated heterocycles. The van der Waals surface area contributed by atoms with E-state index >= 15 is 0 Å². The molecule has 126 valence electrons. The van der Waals surface area contributed by atoms with Crippen LogP contribution in [0.25, 0.3) is 5.69 Å². The highest BCUT2D eigenvalue weighted by Crippen LogP contribution is 2.27. The van der Waals surface area contributed by atoms with Crippen molar-refractivity contribution in [3.8, 4) is 5.69 Å². The summed E-state index contributed by atoms with van der Waals surface area (Å²) in [5, 5.41) is 9.90. The topological polar surface area (TPSA) is 63.4 Å². The minimum Gasteiger partial charge on any atom is -0.365 e. The van der Waals surface area contributed by atoms with Gasteiger partial charge in [-0.25, -0.2) is 18.5 Å². The molecule has 0 atom stereocenters. The molecule has 6 nitrogen and oxygen atoms in total. The number of hydrogen-bond acceptors (Lipinski definition) is 6. The standard InChI is InChI=1S/C14H13F2N5OS2/c15-12-5-11(21-8-10(18-19-21)7-17-9-23)6-13(16)14(12)20-1-3-24(22)4-2-20/h5-6,8H,1-4,7H2. The minimum atomic E-state index is -0.913. The summed E-state index contributed by atoms with van der Waals surface area (Å²) in [6.07, 6.45) is 1.52. The highest BCUT2D eigenvalue weighted by molar-refractivity contribution is 7.85. The maximum absolute atomic E-state index is 14.4. The van der Waals surface area contributed by atoms with Gasteiger partial charge in [0.2, 0.25) is 0 Å². The Kier molecular flexibility index (Phi) is 5.08. The van der Waals surface area contributed by atoms with Crippen LogP contribution >= 0.6 is 12.2 Å². The lowest BCUT2D eigenvalue weighted by Gasteiger charge is -2.29. The number of rotatable bonds is 4. The fraction of sp³-hybridized carbons (Fsp3) is 0.357. The van der Waals surface area contributed by atoms with Crippen LogP contribution < -0.4 is 4.90 Å². The lowest BCUT2D eigenvalue weighted by Crippen LogP contribution is -2.38. The third kappa shape index (κ3) is 3.55. The van der Waals surface area contributed by atoms with E-state index < -0.39 is 22.4 Å². The molecule has 24 heavy (non-hydrogen) atoms. The van der Waals surface area contributed by atoms with Crippen molar-refractivity contribution in [1.82, 2.24) is 15.0 Å². The first-order chi connectivity index (χ1) is 11.6. The average molecular weight is 369 g/mol. The summed E-state index contributed by atoms with van der Waals surface area (Å²) < 4.78 is 41.5. The van der Waals surface area contributed by atoms with Crippen molar-refractivity contribution in [3.63, 3.8) is 0 Å². The molecule has 10 heteroatoms. The van der Waals surface area contributed by atoms with Crippen LogP contribution in [0.15, 0.2) is 23.3 Å². The summed E-state index contributed by atoms with van der Waals surface area (Å²) >= 11 is 4.47. The van der Waals surface area contributed by atoms with Crippen LogP contribution in [-0.4, -0.2) is 49.0 Å². The van der Waals surface area contributed by atoms with Crippen LogP contribution in [0.2, 0.25) is 0 Å². The first kappa shape index (κ1) is 16.8. The van der Waals surface area contributed by atoms with Crippen molar-refractivity contribution in [2.75, 3.05) is 29.5 Å². The molecule has 1 aromatic heterocycles. The number of thiocarbonyl (C=S) groups is 1. The van der Waals surface area contributed by atoms with Gasteiger partial charge >= 0.3 is 0 Å². The molecule has 0 amide bonds. The number of benzene rings is 1. The Hall–Kier alpha value is -2.03. The molecule has 0 unspecified atom stereocenters. The van der Waals surface area contributed by atoms with Gasteiger partial charge in [0.05, 0.1) is 23.6 Å². The quantitative estimate of drug-likeness (QED) is 0.607. The van der Waals surface area contributed by atoms with E-state index in [-0.39, 0.29) is 17.9 Å². The van der Waals surface area contributed by atoms with Gasteiger partial charge in [0, 0.05) is 47.5 Å². The first-order valence-corrected chi connectivity index (χ1v) is 9.02.